The zero-order valence-electron chi connectivity index (χ0n) is 15.1. The van der Waals surface area contributed by atoms with Crippen LogP contribution in [0.1, 0.15) is 25.6 Å². The Labute approximate surface area is 153 Å². The van der Waals surface area contributed by atoms with E-state index in [1.54, 1.807) is 17.2 Å². The molecule has 0 bridgehead atoms. The first kappa shape index (κ1) is 18.0. The van der Waals surface area contributed by atoms with Gasteiger partial charge >= 0.3 is 6.03 Å². The molecule has 1 aliphatic heterocycles. The van der Waals surface area contributed by atoms with Crippen LogP contribution < -0.4 is 14.8 Å². The van der Waals surface area contributed by atoms with Crippen molar-refractivity contribution < 1.29 is 14.3 Å². The summed E-state index contributed by atoms with van der Waals surface area (Å²) in [7, 11) is 0. The van der Waals surface area contributed by atoms with E-state index in [9.17, 15) is 4.79 Å². The minimum absolute atomic E-state index is 0.0593. The maximum absolute atomic E-state index is 12.5. The molecule has 0 saturated carbocycles. The molecule has 0 aliphatic carbocycles. The number of rotatable bonds is 5. The second-order valence-electron chi connectivity index (χ2n) is 6.11. The summed E-state index contributed by atoms with van der Waals surface area (Å²) in [5.41, 5.74) is 0.689. The van der Waals surface area contributed by atoms with Gasteiger partial charge in [0.1, 0.15) is 17.7 Å². The Morgan fingerprint density at radius 2 is 2.04 bits per heavy atom. The number of ether oxygens (including phenoxy) is 2. The molecule has 138 valence electrons. The van der Waals surface area contributed by atoms with Gasteiger partial charge in [0.2, 0.25) is 5.88 Å². The number of aryl methyl sites for hydroxylation is 1. The van der Waals surface area contributed by atoms with Gasteiger partial charge in [-0.1, -0.05) is 12.1 Å². The Balaban J connectivity index is 1.52. The lowest BCUT2D eigenvalue weighted by molar-refractivity contribution is 0.111. The zero-order valence-corrected chi connectivity index (χ0v) is 15.1. The van der Waals surface area contributed by atoms with Gasteiger partial charge in [-0.05, 0) is 26.0 Å². The summed E-state index contributed by atoms with van der Waals surface area (Å²) in [5.74, 6) is 1.96. The molecule has 3 rings (SSSR count). The predicted octanol–water partition coefficient (Wildman–Crippen LogP) is 3.26. The highest BCUT2D eigenvalue weighted by Gasteiger charge is 2.24. The first-order valence-electron chi connectivity index (χ1n) is 8.89. The van der Waals surface area contributed by atoms with Crippen molar-refractivity contribution >= 4 is 11.7 Å². The van der Waals surface area contributed by atoms with Crippen molar-refractivity contribution in [3.8, 4) is 11.6 Å². The number of para-hydroxylation sites is 2. The van der Waals surface area contributed by atoms with Gasteiger partial charge in [0.25, 0.3) is 0 Å². The maximum atomic E-state index is 12.5. The van der Waals surface area contributed by atoms with Crippen LogP contribution in [0, 0.1) is 6.92 Å². The number of nitrogens with zero attached hydrogens (tertiary/aromatic N) is 3. The van der Waals surface area contributed by atoms with E-state index in [4.69, 9.17) is 9.47 Å². The van der Waals surface area contributed by atoms with Crippen molar-refractivity contribution in [1.29, 1.82) is 0 Å². The minimum atomic E-state index is -0.117. The Morgan fingerprint density at radius 3 is 2.77 bits per heavy atom. The highest BCUT2D eigenvalue weighted by molar-refractivity contribution is 5.91. The monoisotopic (exact) mass is 356 g/mol. The Kier molecular flexibility index (Phi) is 5.88. The number of hydrogen-bond donors (Lipinski definition) is 1. The first-order chi connectivity index (χ1) is 12.7. The van der Waals surface area contributed by atoms with E-state index in [0.29, 0.717) is 42.8 Å². The average Bonchev–Trinajstić information content (AvgIpc) is 2.64. The van der Waals surface area contributed by atoms with E-state index in [0.717, 1.165) is 12.8 Å². The second kappa shape index (κ2) is 8.51. The highest BCUT2D eigenvalue weighted by atomic mass is 16.5. The van der Waals surface area contributed by atoms with Crippen molar-refractivity contribution in [2.75, 3.05) is 25.0 Å². The fourth-order valence-corrected chi connectivity index (χ4v) is 2.89. The molecule has 1 aromatic carbocycles. The molecule has 2 amide bonds. The number of hydrogen-bond acceptors (Lipinski definition) is 5. The molecular formula is C19H24N4O3. The van der Waals surface area contributed by atoms with E-state index in [1.807, 2.05) is 38.1 Å². The number of piperidine rings is 1. The van der Waals surface area contributed by atoms with Crippen LogP contribution in [-0.2, 0) is 0 Å². The summed E-state index contributed by atoms with van der Waals surface area (Å²) in [6.07, 6.45) is 3.28. The number of nitrogens with one attached hydrogen (secondary N) is 1. The predicted molar refractivity (Wildman–Crippen MR) is 98.6 cm³/mol. The molecule has 7 heteroatoms. The van der Waals surface area contributed by atoms with Crippen molar-refractivity contribution in [3.63, 3.8) is 0 Å². The SMILES string of the molecule is CCOc1ccccc1NC(=O)N1CCC(Oc2ccnc(C)n2)CC1. The van der Waals surface area contributed by atoms with E-state index in [1.165, 1.54) is 0 Å². The molecule has 7 nitrogen and oxygen atoms in total. The third-order valence-corrected chi connectivity index (χ3v) is 4.20. The summed E-state index contributed by atoms with van der Waals surface area (Å²) in [5, 5.41) is 2.94. The molecule has 2 aromatic rings. The molecule has 2 heterocycles. The van der Waals surface area contributed by atoms with Gasteiger partial charge in [0.15, 0.2) is 0 Å². The topological polar surface area (TPSA) is 76.6 Å². The van der Waals surface area contributed by atoms with Crippen LogP contribution >= 0.6 is 0 Å². The van der Waals surface area contributed by atoms with Gasteiger partial charge in [-0.25, -0.2) is 9.78 Å². The number of anilines is 1. The number of carbonyl (C=O) groups is 1. The van der Waals surface area contributed by atoms with Gasteiger partial charge in [0, 0.05) is 38.2 Å². The fourth-order valence-electron chi connectivity index (χ4n) is 2.89. The van der Waals surface area contributed by atoms with Gasteiger partial charge in [-0.3, -0.25) is 0 Å². The molecule has 1 N–H and O–H groups in total. The standard InChI is InChI=1S/C19H24N4O3/c1-3-25-17-7-5-4-6-16(17)22-19(24)23-12-9-15(10-13-23)26-18-8-11-20-14(2)21-18/h4-8,11,15H,3,9-10,12-13H2,1-2H3,(H,22,24). The molecule has 0 radical (unpaired) electrons. The third-order valence-electron chi connectivity index (χ3n) is 4.20. The van der Waals surface area contributed by atoms with Crippen LogP contribution in [0.5, 0.6) is 11.6 Å². The maximum Gasteiger partial charge on any atom is 0.321 e. The summed E-state index contributed by atoms with van der Waals surface area (Å²) in [6, 6.07) is 9.10. The largest absolute Gasteiger partial charge is 0.492 e. The summed E-state index contributed by atoms with van der Waals surface area (Å²) < 4.78 is 11.5. The molecule has 0 spiro atoms. The minimum Gasteiger partial charge on any atom is -0.492 e. The van der Waals surface area contributed by atoms with Crippen LogP contribution in [-0.4, -0.2) is 46.7 Å². The van der Waals surface area contributed by atoms with Crippen LogP contribution in [0.15, 0.2) is 36.5 Å². The van der Waals surface area contributed by atoms with Gasteiger partial charge in [0.05, 0.1) is 12.3 Å². The van der Waals surface area contributed by atoms with E-state index < -0.39 is 0 Å². The summed E-state index contributed by atoms with van der Waals surface area (Å²) in [4.78, 5) is 22.7. The summed E-state index contributed by atoms with van der Waals surface area (Å²) in [6.45, 7) is 5.58. The number of urea groups is 1. The molecular weight excluding hydrogens is 332 g/mol. The fraction of sp³-hybridized carbons (Fsp3) is 0.421. The first-order valence-corrected chi connectivity index (χ1v) is 8.89. The molecule has 1 aliphatic rings. The van der Waals surface area contributed by atoms with E-state index >= 15 is 0 Å². The molecule has 0 unspecified atom stereocenters. The van der Waals surface area contributed by atoms with E-state index in [-0.39, 0.29) is 12.1 Å². The van der Waals surface area contributed by atoms with Crippen molar-refractivity contribution in [1.82, 2.24) is 14.9 Å². The van der Waals surface area contributed by atoms with Crippen LogP contribution in [0.4, 0.5) is 10.5 Å². The number of carbonyl (C=O) groups excluding carboxylic acids is 1. The van der Waals surface area contributed by atoms with Crippen LogP contribution in [0.2, 0.25) is 0 Å². The second-order valence-corrected chi connectivity index (χ2v) is 6.11. The van der Waals surface area contributed by atoms with Gasteiger partial charge in [-0.2, -0.15) is 4.98 Å². The Hall–Kier alpha value is -2.83. The molecule has 1 aromatic heterocycles. The highest BCUT2D eigenvalue weighted by Crippen LogP contribution is 2.25. The lowest BCUT2D eigenvalue weighted by Gasteiger charge is -2.32. The molecule has 1 saturated heterocycles. The van der Waals surface area contributed by atoms with Crippen molar-refractivity contribution in [2.45, 2.75) is 32.8 Å². The Morgan fingerprint density at radius 1 is 1.27 bits per heavy atom. The number of aromatic nitrogens is 2. The molecule has 0 atom stereocenters. The summed E-state index contributed by atoms with van der Waals surface area (Å²) >= 11 is 0. The van der Waals surface area contributed by atoms with Crippen LogP contribution in [0.25, 0.3) is 0 Å². The Bertz CT molecular complexity index is 745. The van der Waals surface area contributed by atoms with Gasteiger partial charge in [-0.15, -0.1) is 0 Å². The zero-order chi connectivity index (χ0) is 18.4. The van der Waals surface area contributed by atoms with Crippen molar-refractivity contribution in [2.24, 2.45) is 0 Å². The lowest BCUT2D eigenvalue weighted by Crippen LogP contribution is -2.43. The quantitative estimate of drug-likeness (QED) is 0.890. The number of amides is 2. The van der Waals surface area contributed by atoms with Crippen molar-refractivity contribution in [3.05, 3.63) is 42.4 Å². The smallest absolute Gasteiger partial charge is 0.321 e. The molecule has 1 fully saturated rings. The lowest BCUT2D eigenvalue weighted by atomic mass is 10.1. The number of benzene rings is 1. The normalized spacial score (nSPS) is 14.8. The number of likely N-dealkylation sites (tertiary alicyclic amines) is 1. The van der Waals surface area contributed by atoms with Crippen LogP contribution in [0.3, 0.4) is 0 Å². The van der Waals surface area contributed by atoms with Gasteiger partial charge < -0.3 is 19.7 Å². The molecule has 26 heavy (non-hydrogen) atoms. The third kappa shape index (κ3) is 4.62. The van der Waals surface area contributed by atoms with E-state index in [2.05, 4.69) is 15.3 Å². The average molecular weight is 356 g/mol.